The number of carbonyl (C=O) groups is 1. The van der Waals surface area contributed by atoms with Crippen molar-refractivity contribution >= 4 is 17.5 Å². The number of ketones is 1. The van der Waals surface area contributed by atoms with Crippen LogP contribution in [0.1, 0.15) is 19.8 Å². The van der Waals surface area contributed by atoms with Crippen LogP contribution in [-0.4, -0.2) is 21.7 Å². The first kappa shape index (κ1) is 12.8. The van der Waals surface area contributed by atoms with Gasteiger partial charge in [0.15, 0.2) is 0 Å². The average molecular weight is 262 g/mol. The van der Waals surface area contributed by atoms with E-state index in [9.17, 15) is 4.79 Å². The van der Waals surface area contributed by atoms with Gasteiger partial charge in [0.2, 0.25) is 5.89 Å². The van der Waals surface area contributed by atoms with E-state index >= 15 is 0 Å². The third-order valence-electron chi connectivity index (χ3n) is 2.33. The highest BCUT2D eigenvalue weighted by molar-refractivity contribution is 7.99. The monoisotopic (exact) mass is 262 g/mol. The van der Waals surface area contributed by atoms with Gasteiger partial charge in [0.1, 0.15) is 5.78 Å². The Morgan fingerprint density at radius 3 is 2.78 bits per heavy atom. The van der Waals surface area contributed by atoms with Crippen LogP contribution in [0.2, 0.25) is 0 Å². The molecule has 0 aliphatic rings. The summed E-state index contributed by atoms with van der Waals surface area (Å²) in [5.41, 5.74) is 0.917. The van der Waals surface area contributed by atoms with Crippen molar-refractivity contribution < 1.29 is 9.21 Å². The molecule has 1 heterocycles. The van der Waals surface area contributed by atoms with Crippen molar-refractivity contribution in [2.75, 3.05) is 5.75 Å². The van der Waals surface area contributed by atoms with Crippen LogP contribution < -0.4 is 0 Å². The first-order chi connectivity index (χ1) is 8.75. The van der Waals surface area contributed by atoms with Gasteiger partial charge < -0.3 is 9.21 Å². The number of aromatic nitrogens is 2. The van der Waals surface area contributed by atoms with Gasteiger partial charge in [-0.1, -0.05) is 30.0 Å². The average Bonchev–Trinajstić information content (AvgIpc) is 2.84. The van der Waals surface area contributed by atoms with Crippen LogP contribution in [0.5, 0.6) is 0 Å². The molecule has 5 heteroatoms. The van der Waals surface area contributed by atoms with E-state index in [1.165, 1.54) is 11.8 Å². The van der Waals surface area contributed by atoms with Gasteiger partial charge >= 0.3 is 0 Å². The van der Waals surface area contributed by atoms with Gasteiger partial charge in [-0.3, -0.25) is 0 Å². The number of benzene rings is 1. The van der Waals surface area contributed by atoms with Crippen LogP contribution in [0.3, 0.4) is 0 Å². The molecule has 0 amide bonds. The number of nitrogens with zero attached hydrogens (tertiary/aromatic N) is 2. The number of thioether (sulfide) groups is 1. The molecule has 0 fully saturated rings. The van der Waals surface area contributed by atoms with E-state index in [-0.39, 0.29) is 5.78 Å². The quantitative estimate of drug-likeness (QED) is 0.591. The number of hydrogen-bond acceptors (Lipinski definition) is 5. The molecule has 2 aromatic rings. The third-order valence-corrected chi connectivity index (χ3v) is 3.23. The van der Waals surface area contributed by atoms with Crippen LogP contribution in [-0.2, 0) is 4.79 Å². The minimum atomic E-state index is 0.214. The van der Waals surface area contributed by atoms with Crippen molar-refractivity contribution in [3.05, 3.63) is 30.3 Å². The Morgan fingerprint density at radius 1 is 1.28 bits per heavy atom. The van der Waals surface area contributed by atoms with E-state index in [0.717, 1.165) is 17.7 Å². The van der Waals surface area contributed by atoms with E-state index < -0.39 is 0 Å². The zero-order valence-corrected chi connectivity index (χ0v) is 10.9. The van der Waals surface area contributed by atoms with Crippen LogP contribution in [0.25, 0.3) is 11.5 Å². The third kappa shape index (κ3) is 3.70. The normalized spacial score (nSPS) is 10.5. The highest BCUT2D eigenvalue weighted by Gasteiger charge is 2.08. The van der Waals surface area contributed by atoms with Crippen molar-refractivity contribution in [3.8, 4) is 11.5 Å². The molecule has 0 saturated carbocycles. The fourth-order valence-corrected chi connectivity index (χ4v) is 2.15. The lowest BCUT2D eigenvalue weighted by Crippen LogP contribution is -1.90. The zero-order valence-electron chi connectivity index (χ0n) is 10.1. The molecule has 2 rings (SSSR count). The summed E-state index contributed by atoms with van der Waals surface area (Å²) in [7, 11) is 0. The second-order valence-electron chi connectivity index (χ2n) is 3.89. The predicted molar refractivity (Wildman–Crippen MR) is 70.4 cm³/mol. The second kappa shape index (κ2) is 6.35. The minimum absolute atomic E-state index is 0.214. The Kier molecular flexibility index (Phi) is 4.52. The predicted octanol–water partition coefficient (Wildman–Crippen LogP) is 3.20. The molecule has 0 atom stereocenters. The fourth-order valence-electron chi connectivity index (χ4n) is 1.45. The molecule has 0 aliphatic heterocycles. The summed E-state index contributed by atoms with van der Waals surface area (Å²) in [6.07, 6.45) is 1.44. The molecule has 4 nitrogen and oxygen atoms in total. The largest absolute Gasteiger partial charge is 0.411 e. The Hall–Kier alpha value is -1.62. The maximum absolute atomic E-state index is 10.8. The lowest BCUT2D eigenvalue weighted by Gasteiger charge is -1.94. The molecule has 1 aromatic heterocycles. The molecular formula is C13H14N2O2S. The van der Waals surface area contributed by atoms with Gasteiger partial charge in [-0.25, -0.2) is 0 Å². The van der Waals surface area contributed by atoms with Gasteiger partial charge in [0.25, 0.3) is 5.22 Å². The van der Waals surface area contributed by atoms with E-state index in [4.69, 9.17) is 4.42 Å². The van der Waals surface area contributed by atoms with Crippen LogP contribution in [0.4, 0.5) is 0 Å². The molecular weight excluding hydrogens is 248 g/mol. The van der Waals surface area contributed by atoms with E-state index in [1.54, 1.807) is 6.92 Å². The summed E-state index contributed by atoms with van der Waals surface area (Å²) in [5.74, 6) is 1.56. The van der Waals surface area contributed by atoms with Gasteiger partial charge in [-0.2, -0.15) is 0 Å². The molecule has 1 aromatic carbocycles. The summed E-state index contributed by atoms with van der Waals surface area (Å²) in [4.78, 5) is 10.8. The second-order valence-corrected chi connectivity index (χ2v) is 4.94. The Morgan fingerprint density at radius 2 is 2.06 bits per heavy atom. The van der Waals surface area contributed by atoms with Crippen LogP contribution in [0.15, 0.2) is 40.0 Å². The number of rotatable bonds is 6. The van der Waals surface area contributed by atoms with Crippen molar-refractivity contribution in [1.29, 1.82) is 0 Å². The first-order valence-corrected chi connectivity index (χ1v) is 6.75. The molecule has 0 radical (unpaired) electrons. The lowest BCUT2D eigenvalue weighted by molar-refractivity contribution is -0.117. The molecule has 0 unspecified atom stereocenters. The Labute approximate surface area is 110 Å². The number of hydrogen-bond donors (Lipinski definition) is 0. The maximum atomic E-state index is 10.8. The molecule has 18 heavy (non-hydrogen) atoms. The van der Waals surface area contributed by atoms with E-state index in [2.05, 4.69) is 10.2 Å². The standard InChI is InChI=1S/C13H14N2O2S/c1-10(16)6-5-9-18-13-15-14-12(17-13)11-7-3-2-4-8-11/h2-4,7-8H,5-6,9H2,1H3. The van der Waals surface area contributed by atoms with Crippen LogP contribution in [0, 0.1) is 0 Å². The van der Waals surface area contributed by atoms with Crippen molar-refractivity contribution in [2.45, 2.75) is 25.0 Å². The van der Waals surface area contributed by atoms with Gasteiger partial charge in [-0.05, 0) is 25.5 Å². The number of Topliss-reactive ketones (excluding diaryl/α,β-unsaturated/α-hetero) is 1. The molecule has 0 N–H and O–H groups in total. The summed E-state index contributed by atoms with van der Waals surface area (Å²) < 4.78 is 5.53. The lowest BCUT2D eigenvalue weighted by atomic mass is 10.2. The Bertz CT molecular complexity index is 511. The SMILES string of the molecule is CC(=O)CCCSc1nnc(-c2ccccc2)o1. The summed E-state index contributed by atoms with van der Waals surface area (Å²) in [6, 6.07) is 9.66. The van der Waals surface area contributed by atoms with Gasteiger partial charge in [-0.15, -0.1) is 10.2 Å². The summed E-state index contributed by atoms with van der Waals surface area (Å²) in [5, 5.41) is 8.52. The minimum Gasteiger partial charge on any atom is -0.411 e. The van der Waals surface area contributed by atoms with Crippen LogP contribution >= 0.6 is 11.8 Å². The molecule has 0 bridgehead atoms. The van der Waals surface area contributed by atoms with Crippen molar-refractivity contribution in [1.82, 2.24) is 10.2 Å². The van der Waals surface area contributed by atoms with E-state index in [0.29, 0.717) is 17.5 Å². The highest BCUT2D eigenvalue weighted by Crippen LogP contribution is 2.23. The van der Waals surface area contributed by atoms with Gasteiger partial charge in [0.05, 0.1) is 0 Å². The summed E-state index contributed by atoms with van der Waals surface area (Å²) >= 11 is 1.49. The fraction of sp³-hybridized carbons (Fsp3) is 0.308. The maximum Gasteiger partial charge on any atom is 0.276 e. The molecule has 0 spiro atoms. The topological polar surface area (TPSA) is 56.0 Å². The highest BCUT2D eigenvalue weighted by atomic mass is 32.2. The zero-order chi connectivity index (χ0) is 12.8. The Balaban J connectivity index is 1.89. The molecule has 94 valence electrons. The number of carbonyl (C=O) groups excluding carboxylic acids is 1. The van der Waals surface area contributed by atoms with E-state index in [1.807, 2.05) is 30.3 Å². The molecule has 0 saturated heterocycles. The summed E-state index contributed by atoms with van der Waals surface area (Å²) in [6.45, 7) is 1.60. The van der Waals surface area contributed by atoms with Crippen molar-refractivity contribution in [3.63, 3.8) is 0 Å². The first-order valence-electron chi connectivity index (χ1n) is 5.77. The molecule has 0 aliphatic carbocycles. The van der Waals surface area contributed by atoms with Crippen molar-refractivity contribution in [2.24, 2.45) is 0 Å². The smallest absolute Gasteiger partial charge is 0.276 e. The van der Waals surface area contributed by atoms with Gasteiger partial charge in [0, 0.05) is 17.7 Å².